The quantitative estimate of drug-likeness (QED) is 0.873. The van der Waals surface area contributed by atoms with Crippen LogP contribution in [-0.2, 0) is 6.42 Å². The molecule has 2 N–H and O–H groups in total. The summed E-state index contributed by atoms with van der Waals surface area (Å²) < 4.78 is 0. The van der Waals surface area contributed by atoms with Gasteiger partial charge in [-0.2, -0.15) is 0 Å². The van der Waals surface area contributed by atoms with E-state index in [1.54, 1.807) is 18.3 Å². The average molecular weight is 276 g/mol. The van der Waals surface area contributed by atoms with E-state index in [9.17, 15) is 9.59 Å². The fourth-order valence-corrected chi connectivity index (χ4v) is 2.24. The minimum atomic E-state index is -1.11. The van der Waals surface area contributed by atoms with Crippen molar-refractivity contribution in [3.8, 4) is 0 Å². The van der Waals surface area contributed by atoms with Gasteiger partial charge in [-0.1, -0.05) is 12.1 Å². The Balaban J connectivity index is 1.98. The van der Waals surface area contributed by atoms with Gasteiger partial charge in [0.1, 0.15) is 0 Å². The van der Waals surface area contributed by atoms with Gasteiger partial charge in [0, 0.05) is 24.5 Å². The summed E-state index contributed by atoms with van der Waals surface area (Å²) >= 11 is 1.52. The second kappa shape index (κ2) is 6.10. The smallest absolute Gasteiger partial charge is 0.336 e. The summed E-state index contributed by atoms with van der Waals surface area (Å²) in [7, 11) is 0. The third-order valence-corrected chi connectivity index (χ3v) is 3.35. The summed E-state index contributed by atoms with van der Waals surface area (Å²) in [5.74, 6) is -1.49. The molecule has 1 amide bonds. The Bertz CT molecular complexity index is 581. The molecule has 98 valence electrons. The van der Waals surface area contributed by atoms with Gasteiger partial charge in [0.05, 0.1) is 16.1 Å². The molecule has 1 aromatic carbocycles. The molecule has 0 fully saturated rings. The Morgan fingerprint density at radius 2 is 2.00 bits per heavy atom. The van der Waals surface area contributed by atoms with Crippen molar-refractivity contribution in [1.82, 2.24) is 10.3 Å². The molecule has 19 heavy (non-hydrogen) atoms. The van der Waals surface area contributed by atoms with Gasteiger partial charge in [-0.05, 0) is 12.1 Å². The molecule has 0 atom stereocenters. The molecule has 5 nitrogen and oxygen atoms in total. The standard InChI is InChI=1S/C13H12N2O3S/c16-12(15-6-5-11-14-7-8-19-11)9-3-1-2-4-10(9)13(17)18/h1-4,7-8H,5-6H2,(H,15,16)(H,17,18). The molecule has 6 heteroatoms. The van der Waals surface area contributed by atoms with Crippen LogP contribution >= 0.6 is 11.3 Å². The molecule has 0 saturated heterocycles. The van der Waals surface area contributed by atoms with Crippen molar-refractivity contribution in [3.05, 3.63) is 52.0 Å². The maximum atomic E-state index is 11.9. The van der Waals surface area contributed by atoms with Crippen molar-refractivity contribution < 1.29 is 14.7 Å². The van der Waals surface area contributed by atoms with Gasteiger partial charge in [0.25, 0.3) is 5.91 Å². The van der Waals surface area contributed by atoms with Crippen LogP contribution in [0.5, 0.6) is 0 Å². The van der Waals surface area contributed by atoms with Crippen LogP contribution in [0, 0.1) is 0 Å². The summed E-state index contributed by atoms with van der Waals surface area (Å²) in [6.45, 7) is 0.431. The Labute approximate surface area is 113 Å². The zero-order valence-corrected chi connectivity index (χ0v) is 10.8. The summed E-state index contributed by atoms with van der Waals surface area (Å²) in [5.41, 5.74) is 0.184. The maximum Gasteiger partial charge on any atom is 0.336 e. The first-order valence-corrected chi connectivity index (χ1v) is 6.55. The average Bonchev–Trinajstić information content (AvgIpc) is 2.91. The Hall–Kier alpha value is -2.21. The van der Waals surface area contributed by atoms with Gasteiger partial charge in [-0.3, -0.25) is 4.79 Å². The lowest BCUT2D eigenvalue weighted by molar-refractivity contribution is 0.0691. The van der Waals surface area contributed by atoms with Crippen molar-refractivity contribution in [3.63, 3.8) is 0 Å². The second-order valence-electron chi connectivity index (χ2n) is 3.78. The molecule has 0 aliphatic heterocycles. The maximum absolute atomic E-state index is 11.9. The number of hydrogen-bond acceptors (Lipinski definition) is 4. The zero-order valence-electron chi connectivity index (χ0n) is 10.00. The van der Waals surface area contributed by atoms with Crippen LogP contribution in [0.3, 0.4) is 0 Å². The van der Waals surface area contributed by atoms with Gasteiger partial charge in [-0.15, -0.1) is 11.3 Å². The van der Waals surface area contributed by atoms with E-state index in [-0.39, 0.29) is 17.0 Å². The molecule has 0 unspecified atom stereocenters. The summed E-state index contributed by atoms with van der Waals surface area (Å²) in [4.78, 5) is 27.0. The third-order valence-electron chi connectivity index (χ3n) is 2.51. The van der Waals surface area contributed by atoms with E-state index in [2.05, 4.69) is 10.3 Å². The Morgan fingerprint density at radius 3 is 2.63 bits per heavy atom. The van der Waals surface area contributed by atoms with E-state index >= 15 is 0 Å². The number of nitrogens with zero attached hydrogens (tertiary/aromatic N) is 1. The molecule has 0 aliphatic rings. The fraction of sp³-hybridized carbons (Fsp3) is 0.154. The highest BCUT2D eigenvalue weighted by Crippen LogP contribution is 2.09. The molecule has 1 heterocycles. The number of aromatic carboxylic acids is 1. The topological polar surface area (TPSA) is 79.3 Å². The van der Waals surface area contributed by atoms with Crippen molar-refractivity contribution in [2.75, 3.05) is 6.54 Å². The Kier molecular flexibility index (Phi) is 4.25. The number of carboxylic acid groups (broad SMARTS) is 1. The number of thiazole rings is 1. The predicted octanol–water partition coefficient (Wildman–Crippen LogP) is 1.81. The number of carboxylic acids is 1. The fourth-order valence-electron chi connectivity index (χ4n) is 1.62. The molecule has 0 bridgehead atoms. The van der Waals surface area contributed by atoms with Crippen LogP contribution in [0.25, 0.3) is 0 Å². The molecule has 0 aliphatic carbocycles. The Morgan fingerprint density at radius 1 is 1.26 bits per heavy atom. The second-order valence-corrected chi connectivity index (χ2v) is 4.76. The summed E-state index contributed by atoms with van der Waals surface area (Å²) in [5, 5.41) is 14.5. The lowest BCUT2D eigenvalue weighted by atomic mass is 10.1. The molecule has 2 aromatic rings. The van der Waals surface area contributed by atoms with E-state index in [4.69, 9.17) is 5.11 Å². The van der Waals surface area contributed by atoms with E-state index in [1.165, 1.54) is 23.5 Å². The molecule has 0 spiro atoms. The van der Waals surface area contributed by atoms with E-state index in [0.717, 1.165) is 5.01 Å². The number of carbonyl (C=O) groups is 2. The number of benzene rings is 1. The first kappa shape index (κ1) is 13.2. The van der Waals surface area contributed by atoms with Crippen LogP contribution in [0.15, 0.2) is 35.8 Å². The highest BCUT2D eigenvalue weighted by atomic mass is 32.1. The van der Waals surface area contributed by atoms with Gasteiger partial charge in [-0.25, -0.2) is 9.78 Å². The first-order valence-electron chi connectivity index (χ1n) is 5.67. The summed E-state index contributed by atoms with van der Waals surface area (Å²) in [6.07, 6.45) is 2.35. The van der Waals surface area contributed by atoms with Crippen LogP contribution in [0.4, 0.5) is 0 Å². The van der Waals surface area contributed by atoms with Gasteiger partial charge in [0.15, 0.2) is 0 Å². The first-order chi connectivity index (χ1) is 9.18. The van der Waals surface area contributed by atoms with Gasteiger partial charge < -0.3 is 10.4 Å². The molecular weight excluding hydrogens is 264 g/mol. The van der Waals surface area contributed by atoms with E-state index in [0.29, 0.717) is 13.0 Å². The van der Waals surface area contributed by atoms with Crippen molar-refractivity contribution >= 4 is 23.2 Å². The van der Waals surface area contributed by atoms with Crippen LogP contribution in [0.2, 0.25) is 0 Å². The van der Waals surface area contributed by atoms with Crippen LogP contribution in [-0.4, -0.2) is 28.5 Å². The number of rotatable bonds is 5. The number of amides is 1. The lowest BCUT2D eigenvalue weighted by Crippen LogP contribution is -2.27. The minimum absolute atomic E-state index is 0.00856. The van der Waals surface area contributed by atoms with Crippen molar-refractivity contribution in [1.29, 1.82) is 0 Å². The van der Waals surface area contributed by atoms with Gasteiger partial charge in [0.2, 0.25) is 0 Å². The monoisotopic (exact) mass is 276 g/mol. The van der Waals surface area contributed by atoms with E-state index < -0.39 is 5.97 Å². The normalized spacial score (nSPS) is 10.1. The highest BCUT2D eigenvalue weighted by molar-refractivity contribution is 7.09. The number of hydrogen-bond donors (Lipinski definition) is 2. The van der Waals surface area contributed by atoms with Crippen LogP contribution < -0.4 is 5.32 Å². The molecule has 2 rings (SSSR count). The molecular formula is C13H12N2O3S. The third kappa shape index (κ3) is 3.38. The van der Waals surface area contributed by atoms with Crippen molar-refractivity contribution in [2.24, 2.45) is 0 Å². The van der Waals surface area contributed by atoms with Crippen LogP contribution in [0.1, 0.15) is 25.7 Å². The largest absolute Gasteiger partial charge is 0.478 e. The number of carbonyl (C=O) groups excluding carboxylic acids is 1. The van der Waals surface area contributed by atoms with E-state index in [1.807, 2.05) is 5.38 Å². The molecule has 0 saturated carbocycles. The SMILES string of the molecule is O=C(O)c1ccccc1C(=O)NCCc1nccs1. The number of aromatic nitrogens is 1. The molecule has 0 radical (unpaired) electrons. The zero-order chi connectivity index (χ0) is 13.7. The number of nitrogens with one attached hydrogen (secondary N) is 1. The lowest BCUT2D eigenvalue weighted by Gasteiger charge is -2.06. The minimum Gasteiger partial charge on any atom is -0.478 e. The van der Waals surface area contributed by atoms with Crippen molar-refractivity contribution in [2.45, 2.75) is 6.42 Å². The predicted molar refractivity (Wildman–Crippen MR) is 71.6 cm³/mol. The molecule has 1 aromatic heterocycles. The summed E-state index contributed by atoms with van der Waals surface area (Å²) in [6, 6.07) is 6.15. The highest BCUT2D eigenvalue weighted by Gasteiger charge is 2.15. The van der Waals surface area contributed by atoms with Gasteiger partial charge >= 0.3 is 5.97 Å².